The summed E-state index contributed by atoms with van der Waals surface area (Å²) in [7, 11) is 3.57. The van der Waals surface area contributed by atoms with Crippen LogP contribution >= 0.6 is 0 Å². The van der Waals surface area contributed by atoms with E-state index in [2.05, 4.69) is 11.9 Å². The van der Waals surface area contributed by atoms with E-state index < -0.39 is 12.0 Å². The summed E-state index contributed by atoms with van der Waals surface area (Å²) in [6, 6.07) is -0.437. The van der Waals surface area contributed by atoms with Crippen molar-refractivity contribution < 1.29 is 14.7 Å². The fourth-order valence-corrected chi connectivity index (χ4v) is 3.37. The minimum Gasteiger partial charge on any atom is -0.480 e. The third kappa shape index (κ3) is 16.8. The molecule has 0 aromatic heterocycles. The summed E-state index contributed by atoms with van der Waals surface area (Å²) in [5.41, 5.74) is 0. The van der Waals surface area contributed by atoms with E-state index in [1.807, 2.05) is 6.08 Å². The number of carbonyl (C=O) groups excluding carboxylic acids is 1. The average molecular weight is 397 g/mol. The Balaban J connectivity index is 3.38. The highest BCUT2D eigenvalue weighted by molar-refractivity contribution is 5.75. The zero-order chi connectivity index (χ0) is 21.0. The van der Waals surface area contributed by atoms with Gasteiger partial charge in [-0.15, -0.1) is 6.58 Å². The lowest BCUT2D eigenvalue weighted by Gasteiger charge is -2.19. The predicted molar refractivity (Wildman–Crippen MR) is 118 cm³/mol. The second-order valence-electron chi connectivity index (χ2n) is 8.03. The molecule has 0 saturated heterocycles. The first-order valence-electron chi connectivity index (χ1n) is 11.3. The van der Waals surface area contributed by atoms with Crippen LogP contribution in [0.1, 0.15) is 96.3 Å². The first-order valence-corrected chi connectivity index (χ1v) is 11.3. The lowest BCUT2D eigenvalue weighted by atomic mass is 10.0. The number of unbranched alkanes of at least 4 members (excludes halogenated alkanes) is 11. The molecule has 0 aromatic carbocycles. The van der Waals surface area contributed by atoms with Gasteiger partial charge in [0, 0.05) is 13.0 Å². The quantitative estimate of drug-likeness (QED) is 0.220. The number of allylic oxidation sites excluding steroid dienone is 1. The number of carboxylic acids is 1. The van der Waals surface area contributed by atoms with Crippen molar-refractivity contribution in [2.75, 3.05) is 20.6 Å². The largest absolute Gasteiger partial charge is 0.480 e. The molecule has 0 aliphatic heterocycles. The van der Waals surface area contributed by atoms with E-state index in [-0.39, 0.29) is 5.91 Å². The maximum absolute atomic E-state index is 11.8. The highest BCUT2D eigenvalue weighted by atomic mass is 16.4. The van der Waals surface area contributed by atoms with Gasteiger partial charge in [0.25, 0.3) is 0 Å². The second kappa shape index (κ2) is 19.0. The summed E-state index contributed by atoms with van der Waals surface area (Å²) in [6.07, 6.45) is 18.6. The molecule has 0 heterocycles. The minimum absolute atomic E-state index is 0.127. The molecule has 2 N–H and O–H groups in total. The Kier molecular flexibility index (Phi) is 18.1. The highest BCUT2D eigenvalue weighted by Crippen LogP contribution is 2.12. The first-order chi connectivity index (χ1) is 13.5. The number of nitrogens with zero attached hydrogens (tertiary/aromatic N) is 1. The highest BCUT2D eigenvalue weighted by Gasteiger charge is 2.18. The molecule has 0 unspecified atom stereocenters. The van der Waals surface area contributed by atoms with Gasteiger partial charge in [-0.3, -0.25) is 14.5 Å². The van der Waals surface area contributed by atoms with Gasteiger partial charge >= 0.3 is 5.97 Å². The lowest BCUT2D eigenvalue weighted by molar-refractivity contribution is -0.142. The molecule has 164 valence electrons. The molecular formula is C23H44N2O3. The number of hydrogen-bond acceptors (Lipinski definition) is 3. The molecule has 0 radical (unpaired) electrons. The van der Waals surface area contributed by atoms with Crippen LogP contribution in [-0.4, -0.2) is 48.6 Å². The van der Waals surface area contributed by atoms with Crippen molar-refractivity contribution in [1.29, 1.82) is 0 Å². The molecule has 0 aliphatic carbocycles. The van der Waals surface area contributed by atoms with Gasteiger partial charge in [-0.2, -0.15) is 0 Å². The normalized spacial score (nSPS) is 12.1. The summed E-state index contributed by atoms with van der Waals surface area (Å²) < 4.78 is 0. The van der Waals surface area contributed by atoms with Crippen LogP contribution in [-0.2, 0) is 9.59 Å². The van der Waals surface area contributed by atoms with Crippen molar-refractivity contribution in [3.05, 3.63) is 12.7 Å². The van der Waals surface area contributed by atoms with Gasteiger partial charge in [0.2, 0.25) is 5.91 Å². The topological polar surface area (TPSA) is 69.6 Å². The van der Waals surface area contributed by atoms with Crippen molar-refractivity contribution in [3.63, 3.8) is 0 Å². The summed E-state index contributed by atoms with van der Waals surface area (Å²) in [4.78, 5) is 24.6. The number of aliphatic carboxylic acids is 1. The second-order valence-corrected chi connectivity index (χ2v) is 8.03. The van der Waals surface area contributed by atoms with Crippen molar-refractivity contribution in [3.8, 4) is 0 Å². The minimum atomic E-state index is -0.780. The van der Waals surface area contributed by atoms with Crippen LogP contribution in [0.5, 0.6) is 0 Å². The molecule has 0 rings (SSSR count). The fourth-order valence-electron chi connectivity index (χ4n) is 3.37. The standard InChI is InChI=1S/C23H44N2O3/c1-4-5-6-7-8-9-10-11-12-13-14-15-19-22(26)24-20-17-16-18-21(23(27)28)25(2)3/h4,21H,1,5-20H2,2-3H3,(H,24,26)(H,27,28)/t21-/m0/s1. The van der Waals surface area contributed by atoms with Crippen LogP contribution in [0.4, 0.5) is 0 Å². The average Bonchev–Trinajstić information content (AvgIpc) is 2.64. The van der Waals surface area contributed by atoms with Gasteiger partial charge < -0.3 is 10.4 Å². The van der Waals surface area contributed by atoms with E-state index in [4.69, 9.17) is 5.11 Å². The molecule has 5 nitrogen and oxygen atoms in total. The number of amides is 1. The molecule has 0 aliphatic rings. The van der Waals surface area contributed by atoms with Crippen molar-refractivity contribution in [1.82, 2.24) is 10.2 Å². The third-order valence-corrected chi connectivity index (χ3v) is 5.20. The first kappa shape index (κ1) is 26.6. The van der Waals surface area contributed by atoms with E-state index in [0.29, 0.717) is 19.4 Å². The van der Waals surface area contributed by atoms with E-state index in [1.165, 1.54) is 51.4 Å². The van der Waals surface area contributed by atoms with Crippen molar-refractivity contribution in [2.24, 2.45) is 0 Å². The molecule has 0 aromatic rings. The summed E-state index contributed by atoms with van der Waals surface area (Å²) >= 11 is 0. The SMILES string of the molecule is C=CCCCCCCCCCCCCC(=O)NCCCC[C@@H](C(=O)O)N(C)C. The monoisotopic (exact) mass is 396 g/mol. The van der Waals surface area contributed by atoms with Gasteiger partial charge in [0.15, 0.2) is 0 Å². The maximum atomic E-state index is 11.8. The molecule has 0 bridgehead atoms. The van der Waals surface area contributed by atoms with E-state index in [1.54, 1.807) is 19.0 Å². The van der Waals surface area contributed by atoms with Crippen LogP contribution in [0.2, 0.25) is 0 Å². The Morgan fingerprint density at radius 3 is 1.93 bits per heavy atom. The van der Waals surface area contributed by atoms with Crippen molar-refractivity contribution >= 4 is 11.9 Å². The van der Waals surface area contributed by atoms with Crippen LogP contribution in [0.25, 0.3) is 0 Å². The molecule has 0 fully saturated rings. The van der Waals surface area contributed by atoms with Gasteiger partial charge in [-0.05, 0) is 52.6 Å². The zero-order valence-corrected chi connectivity index (χ0v) is 18.4. The lowest BCUT2D eigenvalue weighted by Crippen LogP contribution is -2.35. The Morgan fingerprint density at radius 2 is 1.43 bits per heavy atom. The van der Waals surface area contributed by atoms with E-state index >= 15 is 0 Å². The van der Waals surface area contributed by atoms with Crippen LogP contribution in [0.15, 0.2) is 12.7 Å². The number of hydrogen-bond donors (Lipinski definition) is 2. The van der Waals surface area contributed by atoms with E-state index in [0.717, 1.165) is 32.1 Å². The predicted octanol–water partition coefficient (Wildman–Crippen LogP) is 5.15. The van der Waals surface area contributed by atoms with Crippen LogP contribution in [0.3, 0.4) is 0 Å². The molecule has 0 saturated carbocycles. The molecule has 0 spiro atoms. The molecule has 5 heteroatoms. The van der Waals surface area contributed by atoms with E-state index in [9.17, 15) is 9.59 Å². The Hall–Kier alpha value is -1.36. The third-order valence-electron chi connectivity index (χ3n) is 5.20. The maximum Gasteiger partial charge on any atom is 0.320 e. The number of carbonyl (C=O) groups is 2. The van der Waals surface area contributed by atoms with Gasteiger partial charge in [0.1, 0.15) is 6.04 Å². The van der Waals surface area contributed by atoms with Crippen LogP contribution in [0, 0.1) is 0 Å². The number of nitrogens with one attached hydrogen (secondary N) is 1. The summed E-state index contributed by atoms with van der Waals surface area (Å²) in [5.74, 6) is -0.653. The Morgan fingerprint density at radius 1 is 0.893 bits per heavy atom. The molecule has 1 amide bonds. The Bertz CT molecular complexity index is 411. The smallest absolute Gasteiger partial charge is 0.320 e. The molecule has 28 heavy (non-hydrogen) atoms. The fraction of sp³-hybridized carbons (Fsp3) is 0.826. The molecular weight excluding hydrogens is 352 g/mol. The number of rotatable bonds is 20. The zero-order valence-electron chi connectivity index (χ0n) is 18.4. The molecule has 1 atom stereocenters. The van der Waals surface area contributed by atoms with Gasteiger partial charge in [-0.1, -0.05) is 57.4 Å². The summed E-state index contributed by atoms with van der Waals surface area (Å²) in [6.45, 7) is 4.39. The van der Waals surface area contributed by atoms with Crippen LogP contribution < -0.4 is 5.32 Å². The van der Waals surface area contributed by atoms with Gasteiger partial charge in [0.05, 0.1) is 0 Å². The number of likely N-dealkylation sites (N-methyl/N-ethyl adjacent to an activating group) is 1. The number of carboxylic acid groups (broad SMARTS) is 1. The van der Waals surface area contributed by atoms with Crippen molar-refractivity contribution in [2.45, 2.75) is 102 Å². The van der Waals surface area contributed by atoms with Gasteiger partial charge in [-0.25, -0.2) is 0 Å². The summed E-state index contributed by atoms with van der Waals surface area (Å²) in [5, 5.41) is 12.1. The Labute approximate surface area is 173 Å².